The maximum Gasteiger partial charge on any atom is 0.266 e. The van der Waals surface area contributed by atoms with Crippen LogP contribution in [-0.2, 0) is 9.53 Å². The zero-order valence-electron chi connectivity index (χ0n) is 13.1. The number of thiocarbonyl (C=S) groups is 1. The summed E-state index contributed by atoms with van der Waals surface area (Å²) in [6.45, 7) is 0.859. The summed E-state index contributed by atoms with van der Waals surface area (Å²) >= 11 is 18.7. The number of ether oxygens (including phenoxy) is 1. The fourth-order valence-electron chi connectivity index (χ4n) is 2.27. The fraction of sp³-hybridized carbons (Fsp3) is 0.176. The van der Waals surface area contributed by atoms with Crippen molar-refractivity contribution in [2.24, 2.45) is 0 Å². The van der Waals surface area contributed by atoms with Gasteiger partial charge < -0.3 is 9.15 Å². The lowest BCUT2D eigenvalue weighted by Crippen LogP contribution is -2.31. The molecule has 0 N–H and O–H groups in total. The Morgan fingerprint density at radius 2 is 2.12 bits per heavy atom. The van der Waals surface area contributed by atoms with Crippen LogP contribution in [0.4, 0.5) is 0 Å². The van der Waals surface area contributed by atoms with Gasteiger partial charge in [-0.3, -0.25) is 9.69 Å². The van der Waals surface area contributed by atoms with E-state index in [9.17, 15) is 4.79 Å². The van der Waals surface area contributed by atoms with Crippen molar-refractivity contribution in [2.75, 3.05) is 20.3 Å². The topological polar surface area (TPSA) is 42.7 Å². The molecular formula is C17H13Cl2NO3S2. The van der Waals surface area contributed by atoms with E-state index in [0.29, 0.717) is 49.5 Å². The lowest BCUT2D eigenvalue weighted by atomic mass is 10.2. The van der Waals surface area contributed by atoms with Crippen LogP contribution < -0.4 is 0 Å². The number of furan rings is 1. The maximum absolute atomic E-state index is 12.4. The molecule has 0 aliphatic carbocycles. The van der Waals surface area contributed by atoms with Gasteiger partial charge in [0.15, 0.2) is 0 Å². The number of amides is 1. The average Bonchev–Trinajstić information content (AvgIpc) is 3.14. The van der Waals surface area contributed by atoms with Crippen LogP contribution in [0.1, 0.15) is 5.76 Å². The number of rotatable bonds is 5. The highest BCUT2D eigenvalue weighted by Gasteiger charge is 2.31. The molecule has 4 nitrogen and oxygen atoms in total. The van der Waals surface area contributed by atoms with E-state index >= 15 is 0 Å². The highest BCUT2D eigenvalue weighted by atomic mass is 35.5. The van der Waals surface area contributed by atoms with Crippen LogP contribution in [0.5, 0.6) is 0 Å². The SMILES string of the molecule is COCCN1C(=O)C(=Cc2ccc(-c3cc(Cl)ccc3Cl)o2)SC1=S. The van der Waals surface area contributed by atoms with E-state index < -0.39 is 0 Å². The highest BCUT2D eigenvalue weighted by molar-refractivity contribution is 8.26. The molecule has 1 aliphatic heterocycles. The van der Waals surface area contributed by atoms with Crippen molar-refractivity contribution >= 4 is 63.5 Å². The Morgan fingerprint density at radius 1 is 1.32 bits per heavy atom. The number of nitrogens with zero attached hydrogens (tertiary/aromatic N) is 1. The van der Waals surface area contributed by atoms with E-state index in [0.717, 1.165) is 0 Å². The van der Waals surface area contributed by atoms with Crippen molar-refractivity contribution in [2.45, 2.75) is 0 Å². The van der Waals surface area contributed by atoms with Gasteiger partial charge in [-0.25, -0.2) is 0 Å². The average molecular weight is 414 g/mol. The smallest absolute Gasteiger partial charge is 0.266 e. The molecule has 0 bridgehead atoms. The van der Waals surface area contributed by atoms with E-state index in [1.807, 2.05) is 0 Å². The third-order valence-corrected chi connectivity index (χ3v) is 5.43. The molecule has 8 heteroatoms. The van der Waals surface area contributed by atoms with Gasteiger partial charge in [-0.15, -0.1) is 0 Å². The molecule has 2 heterocycles. The van der Waals surface area contributed by atoms with Crippen molar-refractivity contribution in [1.29, 1.82) is 0 Å². The largest absolute Gasteiger partial charge is 0.457 e. The van der Waals surface area contributed by atoms with Crippen LogP contribution in [0.2, 0.25) is 10.0 Å². The Balaban J connectivity index is 1.84. The van der Waals surface area contributed by atoms with Gasteiger partial charge in [0, 0.05) is 23.8 Å². The molecule has 130 valence electrons. The number of methoxy groups -OCH3 is 1. The first-order valence-corrected chi connectivity index (χ1v) is 9.27. The Morgan fingerprint density at radius 3 is 2.88 bits per heavy atom. The maximum atomic E-state index is 12.4. The lowest BCUT2D eigenvalue weighted by Gasteiger charge is -2.12. The minimum Gasteiger partial charge on any atom is -0.457 e. The van der Waals surface area contributed by atoms with Gasteiger partial charge in [-0.1, -0.05) is 47.2 Å². The van der Waals surface area contributed by atoms with Crippen molar-refractivity contribution in [1.82, 2.24) is 4.90 Å². The zero-order valence-corrected chi connectivity index (χ0v) is 16.3. The number of halogens is 2. The van der Waals surface area contributed by atoms with Crippen molar-refractivity contribution < 1.29 is 13.9 Å². The summed E-state index contributed by atoms with van der Waals surface area (Å²) < 4.78 is 11.3. The third kappa shape index (κ3) is 4.10. The van der Waals surface area contributed by atoms with E-state index in [4.69, 9.17) is 44.6 Å². The van der Waals surface area contributed by atoms with Gasteiger partial charge in [-0.05, 0) is 30.3 Å². The summed E-state index contributed by atoms with van der Waals surface area (Å²) in [6, 6.07) is 8.71. The molecule has 2 aromatic rings. The van der Waals surface area contributed by atoms with E-state index in [2.05, 4.69) is 0 Å². The molecule has 3 rings (SSSR count). The molecule has 25 heavy (non-hydrogen) atoms. The number of hydrogen-bond acceptors (Lipinski definition) is 5. The van der Waals surface area contributed by atoms with Crippen molar-refractivity contribution in [3.05, 3.63) is 51.0 Å². The molecule has 1 fully saturated rings. The summed E-state index contributed by atoms with van der Waals surface area (Å²) in [4.78, 5) is 14.4. The number of benzene rings is 1. The molecule has 0 unspecified atom stereocenters. The summed E-state index contributed by atoms with van der Waals surface area (Å²) in [6.07, 6.45) is 1.67. The van der Waals surface area contributed by atoms with Crippen LogP contribution in [0.25, 0.3) is 17.4 Å². The molecule has 1 aromatic heterocycles. The van der Waals surface area contributed by atoms with E-state index in [1.54, 1.807) is 43.5 Å². The van der Waals surface area contributed by atoms with E-state index in [1.165, 1.54) is 16.7 Å². The van der Waals surface area contributed by atoms with Crippen molar-refractivity contribution in [3.63, 3.8) is 0 Å². The van der Waals surface area contributed by atoms with Crippen molar-refractivity contribution in [3.8, 4) is 11.3 Å². The Hall–Kier alpha value is -1.31. The highest BCUT2D eigenvalue weighted by Crippen LogP contribution is 2.35. The minimum absolute atomic E-state index is 0.147. The molecule has 0 saturated carbocycles. The summed E-state index contributed by atoms with van der Waals surface area (Å²) in [5.74, 6) is 0.970. The normalized spacial score (nSPS) is 16.3. The molecule has 0 atom stereocenters. The molecule has 1 saturated heterocycles. The Kier molecular flexibility index (Phi) is 5.86. The van der Waals surface area contributed by atoms with Crippen LogP contribution in [0.3, 0.4) is 0 Å². The summed E-state index contributed by atoms with van der Waals surface area (Å²) in [5, 5.41) is 1.10. The first-order chi connectivity index (χ1) is 12.0. The minimum atomic E-state index is -0.147. The first-order valence-electron chi connectivity index (χ1n) is 7.29. The van der Waals surface area contributed by atoms with Gasteiger partial charge in [0.25, 0.3) is 5.91 Å². The zero-order chi connectivity index (χ0) is 18.0. The van der Waals surface area contributed by atoms with Gasteiger partial charge in [0.05, 0.1) is 23.1 Å². The van der Waals surface area contributed by atoms with Crippen LogP contribution in [0, 0.1) is 0 Å². The van der Waals surface area contributed by atoms with Crippen LogP contribution in [0.15, 0.2) is 39.7 Å². The van der Waals surface area contributed by atoms with E-state index in [-0.39, 0.29) is 5.91 Å². The second-order valence-corrected chi connectivity index (χ2v) is 7.67. The number of hydrogen-bond donors (Lipinski definition) is 0. The number of thioether (sulfide) groups is 1. The predicted molar refractivity (Wildman–Crippen MR) is 106 cm³/mol. The first kappa shape index (κ1) is 18.5. The molecule has 1 aromatic carbocycles. The Bertz CT molecular complexity index is 863. The monoisotopic (exact) mass is 413 g/mol. The quantitative estimate of drug-likeness (QED) is 0.503. The predicted octanol–water partition coefficient (Wildman–Crippen LogP) is 5.10. The second kappa shape index (κ2) is 7.93. The molecule has 1 amide bonds. The second-order valence-electron chi connectivity index (χ2n) is 5.15. The summed E-state index contributed by atoms with van der Waals surface area (Å²) in [5.41, 5.74) is 0.696. The third-order valence-electron chi connectivity index (χ3n) is 3.49. The standard InChI is InChI=1S/C17H13Cl2NO3S2/c1-22-7-6-20-16(21)15(25-17(20)24)9-11-3-5-14(23-11)12-8-10(18)2-4-13(12)19/h2-5,8-9H,6-7H2,1H3. The summed E-state index contributed by atoms with van der Waals surface area (Å²) in [7, 11) is 1.58. The molecule has 0 spiro atoms. The lowest BCUT2D eigenvalue weighted by molar-refractivity contribution is -0.122. The molecule has 1 aliphatic rings. The fourth-order valence-corrected chi connectivity index (χ4v) is 3.94. The van der Waals surface area contributed by atoms with Crippen LogP contribution >= 0.6 is 47.2 Å². The van der Waals surface area contributed by atoms with Crippen LogP contribution in [-0.4, -0.2) is 35.4 Å². The van der Waals surface area contributed by atoms with Gasteiger partial charge >= 0.3 is 0 Å². The molecular weight excluding hydrogens is 401 g/mol. The Labute approximate surface area is 164 Å². The van der Waals surface area contributed by atoms with Gasteiger partial charge in [0.2, 0.25) is 0 Å². The molecule has 0 radical (unpaired) electrons. The van der Waals surface area contributed by atoms with Gasteiger partial charge in [-0.2, -0.15) is 0 Å². The number of carbonyl (C=O) groups excluding carboxylic acids is 1. The van der Waals surface area contributed by atoms with Gasteiger partial charge in [0.1, 0.15) is 15.8 Å². The number of carbonyl (C=O) groups is 1.